The van der Waals surface area contributed by atoms with E-state index in [0.29, 0.717) is 24.2 Å². The van der Waals surface area contributed by atoms with Gasteiger partial charge in [-0.3, -0.25) is 24.2 Å². The number of hydrogen-bond donors (Lipinski definition) is 1. The van der Waals surface area contributed by atoms with E-state index < -0.39 is 0 Å². The van der Waals surface area contributed by atoms with Crippen molar-refractivity contribution in [2.45, 2.75) is 6.54 Å². The first-order valence-electron chi connectivity index (χ1n) is 12.0. The Morgan fingerprint density at radius 2 is 1.53 bits per heavy atom. The highest BCUT2D eigenvalue weighted by Crippen LogP contribution is 2.25. The summed E-state index contributed by atoms with van der Waals surface area (Å²) < 4.78 is 13.1. The Hall–Kier alpha value is -4.04. The number of hydrogen-bond acceptors (Lipinski definition) is 5. The lowest BCUT2D eigenvalue weighted by molar-refractivity contribution is 0.0642. The number of imide groups is 1. The highest BCUT2D eigenvalue weighted by molar-refractivity contribution is 6.22. The normalized spacial score (nSPS) is 15.8. The smallest absolute Gasteiger partial charge is 0.261 e. The molecule has 0 aliphatic carbocycles. The molecule has 0 unspecified atom stereocenters. The Labute approximate surface area is 209 Å². The zero-order chi connectivity index (χ0) is 25.1. The van der Waals surface area contributed by atoms with Gasteiger partial charge in [-0.1, -0.05) is 30.3 Å². The van der Waals surface area contributed by atoms with Gasteiger partial charge in [-0.25, -0.2) is 4.39 Å². The first-order chi connectivity index (χ1) is 17.5. The highest BCUT2D eigenvalue weighted by Gasteiger charge is 2.36. The van der Waals surface area contributed by atoms with Crippen LogP contribution in [-0.2, 0) is 6.54 Å². The minimum Gasteiger partial charge on any atom is -0.369 e. The molecular weight excluding hydrogens is 459 g/mol. The molecule has 0 saturated carbocycles. The summed E-state index contributed by atoms with van der Waals surface area (Å²) >= 11 is 0. The average molecular weight is 487 g/mol. The molecule has 2 aliphatic rings. The van der Waals surface area contributed by atoms with Gasteiger partial charge in [-0.2, -0.15) is 0 Å². The van der Waals surface area contributed by atoms with Crippen molar-refractivity contribution in [1.29, 1.82) is 0 Å². The Balaban J connectivity index is 1.13. The van der Waals surface area contributed by atoms with Gasteiger partial charge in [0.15, 0.2) is 0 Å². The van der Waals surface area contributed by atoms with Crippen LogP contribution < -0.4 is 10.2 Å². The second-order valence-corrected chi connectivity index (χ2v) is 9.00. The SMILES string of the molecule is O=C(NCCN1CCN(c2ccc(F)cc2)CC1)c1ccc2c(c1)C(=O)N(Cc1ccccc1)C2=O. The van der Waals surface area contributed by atoms with E-state index in [0.717, 1.165) is 37.4 Å². The third kappa shape index (κ3) is 4.99. The molecule has 8 heteroatoms. The monoisotopic (exact) mass is 486 g/mol. The number of rotatable bonds is 7. The van der Waals surface area contributed by atoms with Crippen LogP contribution in [0.15, 0.2) is 72.8 Å². The largest absolute Gasteiger partial charge is 0.369 e. The molecule has 3 aromatic rings. The average Bonchev–Trinajstić information content (AvgIpc) is 3.14. The fraction of sp³-hybridized carbons (Fsp3) is 0.250. The number of carbonyl (C=O) groups is 3. The zero-order valence-corrected chi connectivity index (χ0v) is 19.8. The summed E-state index contributed by atoms with van der Waals surface area (Å²) in [7, 11) is 0. The van der Waals surface area contributed by atoms with Crippen LogP contribution >= 0.6 is 0 Å². The first kappa shape index (κ1) is 23.7. The topological polar surface area (TPSA) is 73.0 Å². The minimum atomic E-state index is -0.382. The molecular formula is C28H27FN4O3. The van der Waals surface area contributed by atoms with Crippen molar-refractivity contribution in [3.05, 3.63) is 101 Å². The highest BCUT2D eigenvalue weighted by atomic mass is 19.1. The van der Waals surface area contributed by atoms with Crippen molar-refractivity contribution in [3.63, 3.8) is 0 Å². The number of piperazine rings is 1. The molecule has 3 aromatic carbocycles. The van der Waals surface area contributed by atoms with Crippen molar-refractivity contribution >= 4 is 23.4 Å². The van der Waals surface area contributed by atoms with Gasteiger partial charge in [0.1, 0.15) is 5.82 Å². The predicted molar refractivity (Wildman–Crippen MR) is 134 cm³/mol. The molecule has 0 aromatic heterocycles. The summed E-state index contributed by atoms with van der Waals surface area (Å²) in [5.41, 5.74) is 2.82. The number of amides is 3. The van der Waals surface area contributed by atoms with E-state index in [-0.39, 0.29) is 35.6 Å². The second-order valence-electron chi connectivity index (χ2n) is 9.00. The van der Waals surface area contributed by atoms with Gasteiger partial charge in [-0.15, -0.1) is 0 Å². The van der Waals surface area contributed by atoms with E-state index in [4.69, 9.17) is 0 Å². The third-order valence-electron chi connectivity index (χ3n) is 6.69. The lowest BCUT2D eigenvalue weighted by Crippen LogP contribution is -2.48. The molecule has 184 valence electrons. The summed E-state index contributed by atoms with van der Waals surface area (Å²) in [6, 6.07) is 20.5. The maximum atomic E-state index is 13.1. The van der Waals surface area contributed by atoms with Crippen LogP contribution in [0.25, 0.3) is 0 Å². The van der Waals surface area contributed by atoms with Crippen LogP contribution in [0, 0.1) is 5.82 Å². The number of fused-ring (bicyclic) bond motifs is 1. The van der Waals surface area contributed by atoms with E-state index in [1.165, 1.54) is 23.1 Å². The second kappa shape index (κ2) is 10.3. The fourth-order valence-electron chi connectivity index (χ4n) is 4.65. The van der Waals surface area contributed by atoms with E-state index in [2.05, 4.69) is 15.1 Å². The van der Waals surface area contributed by atoms with Gasteiger partial charge in [0, 0.05) is 50.5 Å². The van der Waals surface area contributed by atoms with Gasteiger partial charge in [0.2, 0.25) is 0 Å². The van der Waals surface area contributed by atoms with Gasteiger partial charge in [0.05, 0.1) is 17.7 Å². The Morgan fingerprint density at radius 3 is 2.25 bits per heavy atom. The molecule has 2 heterocycles. The first-order valence-corrected chi connectivity index (χ1v) is 12.0. The summed E-state index contributed by atoms with van der Waals surface area (Å²) in [5.74, 6) is -1.24. The zero-order valence-electron chi connectivity index (χ0n) is 19.8. The molecule has 36 heavy (non-hydrogen) atoms. The Morgan fingerprint density at radius 1 is 0.833 bits per heavy atom. The van der Waals surface area contributed by atoms with Crippen molar-refractivity contribution in [2.75, 3.05) is 44.2 Å². The van der Waals surface area contributed by atoms with Crippen LogP contribution in [-0.4, -0.2) is 66.8 Å². The molecule has 0 bridgehead atoms. The number of nitrogens with one attached hydrogen (secondary N) is 1. The van der Waals surface area contributed by atoms with Crippen LogP contribution in [0.4, 0.5) is 10.1 Å². The molecule has 0 atom stereocenters. The Kier molecular flexibility index (Phi) is 6.77. The summed E-state index contributed by atoms with van der Waals surface area (Å²) in [6.45, 7) is 4.73. The fourth-order valence-corrected chi connectivity index (χ4v) is 4.65. The lowest BCUT2D eigenvalue weighted by Gasteiger charge is -2.36. The van der Waals surface area contributed by atoms with Crippen molar-refractivity contribution < 1.29 is 18.8 Å². The standard InChI is InChI=1S/C28H27FN4O3/c29-22-7-9-23(10-8-22)32-16-14-31(15-17-32)13-12-30-26(34)21-6-11-24-25(18-21)28(36)33(27(24)35)19-20-4-2-1-3-5-20/h1-11,18H,12-17,19H2,(H,30,34). The van der Waals surface area contributed by atoms with Crippen molar-refractivity contribution in [1.82, 2.24) is 15.1 Å². The molecule has 0 radical (unpaired) electrons. The predicted octanol–water partition coefficient (Wildman–Crippen LogP) is 3.17. The van der Waals surface area contributed by atoms with E-state index >= 15 is 0 Å². The maximum absolute atomic E-state index is 13.1. The molecule has 0 spiro atoms. The third-order valence-corrected chi connectivity index (χ3v) is 6.69. The van der Waals surface area contributed by atoms with E-state index in [1.807, 2.05) is 30.3 Å². The summed E-state index contributed by atoms with van der Waals surface area (Å²) in [4.78, 5) is 44.1. The Bertz CT molecular complexity index is 1270. The van der Waals surface area contributed by atoms with Gasteiger partial charge >= 0.3 is 0 Å². The van der Waals surface area contributed by atoms with E-state index in [1.54, 1.807) is 24.3 Å². The van der Waals surface area contributed by atoms with Gasteiger partial charge in [0.25, 0.3) is 17.7 Å². The quantitative estimate of drug-likeness (QED) is 0.520. The van der Waals surface area contributed by atoms with Crippen molar-refractivity contribution in [2.24, 2.45) is 0 Å². The molecule has 2 aliphatic heterocycles. The number of carbonyl (C=O) groups excluding carboxylic acids is 3. The number of nitrogens with zero attached hydrogens (tertiary/aromatic N) is 3. The van der Waals surface area contributed by atoms with Crippen LogP contribution in [0.1, 0.15) is 36.6 Å². The summed E-state index contributed by atoms with van der Waals surface area (Å²) in [6.07, 6.45) is 0. The van der Waals surface area contributed by atoms with Crippen LogP contribution in [0.3, 0.4) is 0 Å². The molecule has 3 amide bonds. The van der Waals surface area contributed by atoms with Gasteiger partial charge in [-0.05, 0) is 48.0 Å². The molecule has 1 fully saturated rings. The molecule has 1 N–H and O–H groups in total. The maximum Gasteiger partial charge on any atom is 0.261 e. The number of halogens is 1. The van der Waals surface area contributed by atoms with Crippen LogP contribution in [0.2, 0.25) is 0 Å². The van der Waals surface area contributed by atoms with Crippen LogP contribution in [0.5, 0.6) is 0 Å². The number of benzene rings is 3. The number of anilines is 1. The lowest BCUT2D eigenvalue weighted by atomic mass is 10.1. The minimum absolute atomic E-state index is 0.198. The molecule has 1 saturated heterocycles. The van der Waals surface area contributed by atoms with Crippen molar-refractivity contribution in [3.8, 4) is 0 Å². The van der Waals surface area contributed by atoms with E-state index in [9.17, 15) is 18.8 Å². The molecule has 7 nitrogen and oxygen atoms in total. The van der Waals surface area contributed by atoms with Gasteiger partial charge < -0.3 is 10.2 Å². The summed E-state index contributed by atoms with van der Waals surface area (Å²) in [5, 5.41) is 2.92. The molecule has 5 rings (SSSR count).